The molecule has 2 rings (SSSR count). The second-order valence-corrected chi connectivity index (χ2v) is 7.35. The van der Waals surface area contributed by atoms with E-state index in [0.29, 0.717) is 5.56 Å². The number of rotatable bonds is 4. The van der Waals surface area contributed by atoms with Gasteiger partial charge in [-0.1, -0.05) is 23.8 Å². The summed E-state index contributed by atoms with van der Waals surface area (Å²) >= 11 is 0. The van der Waals surface area contributed by atoms with Gasteiger partial charge >= 0.3 is 0 Å². The number of nitrogens with one attached hydrogen (secondary N) is 2. The van der Waals surface area contributed by atoms with Crippen LogP contribution in [0.1, 0.15) is 27.0 Å². The van der Waals surface area contributed by atoms with E-state index >= 15 is 0 Å². The first-order valence-corrected chi connectivity index (χ1v) is 8.65. The van der Waals surface area contributed by atoms with Crippen LogP contribution in [0.3, 0.4) is 0 Å². The van der Waals surface area contributed by atoms with Gasteiger partial charge in [-0.2, -0.15) is 0 Å². The van der Waals surface area contributed by atoms with Crippen LogP contribution in [-0.2, 0) is 10.0 Å². The number of benzene rings is 2. The number of carbonyl (C=O) groups is 1. The zero-order valence-corrected chi connectivity index (χ0v) is 14.4. The zero-order valence-electron chi connectivity index (χ0n) is 13.6. The minimum Gasteiger partial charge on any atom is -0.322 e. The maximum Gasteiger partial charge on any atom is 0.255 e. The molecule has 2 aromatic rings. The predicted octanol–water partition coefficient (Wildman–Crippen LogP) is 2.77. The largest absolute Gasteiger partial charge is 0.322 e. The Morgan fingerprint density at radius 2 is 1.61 bits per heavy atom. The van der Waals surface area contributed by atoms with Crippen molar-refractivity contribution in [1.29, 1.82) is 0 Å². The van der Waals surface area contributed by atoms with E-state index in [-0.39, 0.29) is 10.8 Å². The highest BCUT2D eigenvalue weighted by Crippen LogP contribution is 2.23. The monoisotopic (exact) mass is 332 g/mol. The van der Waals surface area contributed by atoms with Gasteiger partial charge in [-0.3, -0.25) is 4.79 Å². The van der Waals surface area contributed by atoms with Crippen LogP contribution in [0, 0.1) is 20.8 Å². The minimum atomic E-state index is -3.58. The molecule has 0 saturated heterocycles. The molecule has 0 aliphatic heterocycles. The highest BCUT2D eigenvalue weighted by Gasteiger charge is 2.15. The van der Waals surface area contributed by atoms with E-state index in [4.69, 9.17) is 0 Å². The third kappa shape index (κ3) is 3.78. The maximum atomic E-state index is 12.4. The van der Waals surface area contributed by atoms with Crippen molar-refractivity contribution in [3.8, 4) is 0 Å². The van der Waals surface area contributed by atoms with Crippen molar-refractivity contribution in [3.63, 3.8) is 0 Å². The molecule has 1 amide bonds. The third-order valence-electron chi connectivity index (χ3n) is 3.59. The third-order valence-corrected chi connectivity index (χ3v) is 5.00. The molecule has 2 aromatic carbocycles. The first-order chi connectivity index (χ1) is 10.7. The van der Waals surface area contributed by atoms with Gasteiger partial charge in [0.2, 0.25) is 10.0 Å². The standard InChI is InChI=1S/C17H20N2O3S/c1-11-8-12(2)16(13(3)9-11)19-17(20)14-6-5-7-15(10-14)23(21,22)18-4/h5-10,18H,1-4H3,(H,19,20). The van der Waals surface area contributed by atoms with Gasteiger partial charge in [-0.25, -0.2) is 13.1 Å². The van der Waals surface area contributed by atoms with Gasteiger partial charge in [0.15, 0.2) is 0 Å². The van der Waals surface area contributed by atoms with Crippen LogP contribution in [-0.4, -0.2) is 21.4 Å². The van der Waals surface area contributed by atoms with E-state index in [2.05, 4.69) is 10.0 Å². The van der Waals surface area contributed by atoms with Crippen LogP contribution in [0.15, 0.2) is 41.3 Å². The molecule has 0 aliphatic carbocycles. The SMILES string of the molecule is CNS(=O)(=O)c1cccc(C(=O)Nc2c(C)cc(C)cc2C)c1. The number of sulfonamides is 1. The van der Waals surface area contributed by atoms with Crippen molar-refractivity contribution in [1.82, 2.24) is 4.72 Å². The van der Waals surface area contributed by atoms with E-state index < -0.39 is 10.0 Å². The molecule has 0 heterocycles. The molecule has 0 spiro atoms. The summed E-state index contributed by atoms with van der Waals surface area (Å²) in [4.78, 5) is 12.5. The Hall–Kier alpha value is -2.18. The average Bonchev–Trinajstić information content (AvgIpc) is 2.50. The summed E-state index contributed by atoms with van der Waals surface area (Å²) in [7, 11) is -2.24. The molecule has 0 fully saturated rings. The highest BCUT2D eigenvalue weighted by molar-refractivity contribution is 7.89. The average molecular weight is 332 g/mol. The van der Waals surface area contributed by atoms with Crippen molar-refractivity contribution in [2.45, 2.75) is 25.7 Å². The van der Waals surface area contributed by atoms with Gasteiger partial charge < -0.3 is 5.32 Å². The molecule has 23 heavy (non-hydrogen) atoms. The van der Waals surface area contributed by atoms with E-state index in [1.54, 1.807) is 12.1 Å². The normalized spacial score (nSPS) is 11.3. The molecule has 122 valence electrons. The van der Waals surface area contributed by atoms with Crippen molar-refractivity contribution in [2.75, 3.05) is 12.4 Å². The van der Waals surface area contributed by atoms with Crippen LogP contribution in [0.25, 0.3) is 0 Å². The summed E-state index contributed by atoms with van der Waals surface area (Å²) in [5.74, 6) is -0.340. The molecule has 0 aliphatic rings. The number of aryl methyl sites for hydroxylation is 3. The zero-order chi connectivity index (χ0) is 17.2. The van der Waals surface area contributed by atoms with Gasteiger partial charge in [0.25, 0.3) is 5.91 Å². The van der Waals surface area contributed by atoms with E-state index in [0.717, 1.165) is 22.4 Å². The molecule has 0 bridgehead atoms. The number of hydrogen-bond donors (Lipinski definition) is 2. The molecular formula is C17H20N2O3S. The summed E-state index contributed by atoms with van der Waals surface area (Å²) in [6.45, 7) is 5.85. The molecule has 0 radical (unpaired) electrons. The van der Waals surface area contributed by atoms with Gasteiger partial charge in [-0.05, 0) is 57.1 Å². The Balaban J connectivity index is 2.34. The Morgan fingerprint density at radius 1 is 1.00 bits per heavy atom. The summed E-state index contributed by atoms with van der Waals surface area (Å²) < 4.78 is 25.9. The summed E-state index contributed by atoms with van der Waals surface area (Å²) in [5.41, 5.74) is 4.10. The summed E-state index contributed by atoms with van der Waals surface area (Å²) in [5, 5.41) is 2.86. The Kier molecular flexibility index (Phi) is 4.87. The van der Waals surface area contributed by atoms with Crippen LogP contribution < -0.4 is 10.0 Å². The van der Waals surface area contributed by atoms with Gasteiger partial charge in [0.05, 0.1) is 4.90 Å². The first kappa shape index (κ1) is 17.2. The lowest BCUT2D eigenvalue weighted by Crippen LogP contribution is -2.20. The number of amides is 1. The first-order valence-electron chi connectivity index (χ1n) is 7.17. The van der Waals surface area contributed by atoms with Crippen molar-refractivity contribution < 1.29 is 13.2 Å². The van der Waals surface area contributed by atoms with Gasteiger partial charge in [-0.15, -0.1) is 0 Å². The molecular weight excluding hydrogens is 312 g/mol. The van der Waals surface area contributed by atoms with Crippen LogP contribution in [0.5, 0.6) is 0 Å². The fraction of sp³-hybridized carbons (Fsp3) is 0.235. The molecule has 2 N–H and O–H groups in total. The predicted molar refractivity (Wildman–Crippen MR) is 91.3 cm³/mol. The number of carbonyl (C=O) groups excluding carboxylic acids is 1. The summed E-state index contributed by atoms with van der Waals surface area (Å²) in [6.07, 6.45) is 0. The van der Waals surface area contributed by atoms with Crippen molar-refractivity contribution in [2.24, 2.45) is 0 Å². The second-order valence-electron chi connectivity index (χ2n) is 5.46. The van der Waals surface area contributed by atoms with E-state index in [9.17, 15) is 13.2 Å². The van der Waals surface area contributed by atoms with Gasteiger partial charge in [0.1, 0.15) is 0 Å². The molecule has 0 atom stereocenters. The minimum absolute atomic E-state index is 0.0602. The fourth-order valence-corrected chi connectivity index (χ4v) is 3.26. The lowest BCUT2D eigenvalue weighted by molar-refractivity contribution is 0.102. The van der Waals surface area contributed by atoms with E-state index in [1.165, 1.54) is 19.2 Å². The second kappa shape index (κ2) is 6.52. The topological polar surface area (TPSA) is 75.3 Å². The quantitative estimate of drug-likeness (QED) is 0.904. The van der Waals surface area contributed by atoms with Crippen LogP contribution in [0.2, 0.25) is 0 Å². The highest BCUT2D eigenvalue weighted by atomic mass is 32.2. The van der Waals surface area contributed by atoms with E-state index in [1.807, 2.05) is 32.9 Å². The lowest BCUT2D eigenvalue weighted by Gasteiger charge is -2.13. The Labute approximate surface area is 136 Å². The smallest absolute Gasteiger partial charge is 0.255 e. The lowest BCUT2D eigenvalue weighted by atomic mass is 10.0. The Morgan fingerprint density at radius 3 is 2.17 bits per heavy atom. The summed E-state index contributed by atoms with van der Waals surface area (Å²) in [6, 6.07) is 9.93. The number of hydrogen-bond acceptors (Lipinski definition) is 3. The molecule has 0 aromatic heterocycles. The molecule has 6 heteroatoms. The molecule has 5 nitrogen and oxygen atoms in total. The fourth-order valence-electron chi connectivity index (χ4n) is 2.49. The van der Waals surface area contributed by atoms with Gasteiger partial charge in [0, 0.05) is 11.3 Å². The Bertz CT molecular complexity index is 835. The van der Waals surface area contributed by atoms with Crippen LogP contribution in [0.4, 0.5) is 5.69 Å². The maximum absolute atomic E-state index is 12.4. The number of anilines is 1. The molecule has 0 unspecified atom stereocenters. The van der Waals surface area contributed by atoms with Crippen molar-refractivity contribution >= 4 is 21.6 Å². The van der Waals surface area contributed by atoms with Crippen molar-refractivity contribution in [3.05, 3.63) is 58.7 Å². The molecule has 0 saturated carbocycles. The van der Waals surface area contributed by atoms with Crippen LogP contribution >= 0.6 is 0 Å².